The Morgan fingerprint density at radius 3 is 1.88 bits per heavy atom. The van der Waals surface area contributed by atoms with E-state index in [2.05, 4.69) is 45.0 Å². The summed E-state index contributed by atoms with van der Waals surface area (Å²) in [7, 11) is -1.42. The molecule has 17 heavy (non-hydrogen) atoms. The minimum absolute atomic E-state index is 0.457. The molecule has 0 fully saturated rings. The SMILES string of the molecule is CC[Si](CC)(CC)OC1Cc2ccccc2C1. The summed E-state index contributed by atoms with van der Waals surface area (Å²) in [5.74, 6) is 0. The van der Waals surface area contributed by atoms with Gasteiger partial charge in [0.25, 0.3) is 0 Å². The van der Waals surface area contributed by atoms with Gasteiger partial charge in [-0.3, -0.25) is 0 Å². The maximum Gasteiger partial charge on any atom is 0.192 e. The highest BCUT2D eigenvalue weighted by molar-refractivity contribution is 6.73. The summed E-state index contributed by atoms with van der Waals surface area (Å²) in [6.07, 6.45) is 2.72. The first-order chi connectivity index (χ1) is 8.23. The van der Waals surface area contributed by atoms with Gasteiger partial charge in [-0.1, -0.05) is 45.0 Å². The van der Waals surface area contributed by atoms with Crippen LogP contribution in [0, 0.1) is 0 Å². The normalized spacial score (nSPS) is 16.2. The molecule has 2 rings (SSSR count). The van der Waals surface area contributed by atoms with E-state index in [4.69, 9.17) is 4.43 Å². The Bertz CT molecular complexity index is 338. The lowest BCUT2D eigenvalue weighted by Gasteiger charge is -2.31. The van der Waals surface area contributed by atoms with E-state index >= 15 is 0 Å². The van der Waals surface area contributed by atoms with E-state index in [1.807, 2.05) is 0 Å². The average molecular weight is 248 g/mol. The summed E-state index contributed by atoms with van der Waals surface area (Å²) < 4.78 is 6.57. The van der Waals surface area contributed by atoms with E-state index in [1.54, 1.807) is 0 Å². The Balaban J connectivity index is 2.04. The van der Waals surface area contributed by atoms with Gasteiger partial charge in [0.2, 0.25) is 0 Å². The van der Waals surface area contributed by atoms with Crippen LogP contribution in [0.1, 0.15) is 31.9 Å². The molecule has 0 heterocycles. The Morgan fingerprint density at radius 1 is 1.00 bits per heavy atom. The molecule has 0 radical (unpaired) electrons. The molecule has 0 bridgehead atoms. The second-order valence-electron chi connectivity index (χ2n) is 5.16. The topological polar surface area (TPSA) is 9.23 Å². The van der Waals surface area contributed by atoms with Crippen LogP contribution in [0.25, 0.3) is 0 Å². The summed E-state index contributed by atoms with van der Waals surface area (Å²) in [5, 5.41) is 0. The highest BCUT2D eigenvalue weighted by Crippen LogP contribution is 2.30. The van der Waals surface area contributed by atoms with Crippen LogP contribution in [0.15, 0.2) is 24.3 Å². The van der Waals surface area contributed by atoms with Crippen LogP contribution in [0.4, 0.5) is 0 Å². The number of rotatable bonds is 5. The fraction of sp³-hybridized carbons (Fsp3) is 0.600. The van der Waals surface area contributed by atoms with Crippen LogP contribution in [-0.4, -0.2) is 14.4 Å². The van der Waals surface area contributed by atoms with Gasteiger partial charge in [-0.15, -0.1) is 0 Å². The van der Waals surface area contributed by atoms with Crippen molar-refractivity contribution >= 4 is 8.32 Å². The Morgan fingerprint density at radius 2 is 1.47 bits per heavy atom. The maximum absolute atomic E-state index is 6.57. The van der Waals surface area contributed by atoms with Crippen LogP contribution in [0.5, 0.6) is 0 Å². The fourth-order valence-electron chi connectivity index (χ4n) is 2.96. The maximum atomic E-state index is 6.57. The van der Waals surface area contributed by atoms with Crippen molar-refractivity contribution in [2.75, 3.05) is 0 Å². The summed E-state index contributed by atoms with van der Waals surface area (Å²) >= 11 is 0. The molecule has 1 aromatic carbocycles. The Labute approximate surface area is 106 Å². The molecule has 94 valence electrons. The largest absolute Gasteiger partial charge is 0.413 e. The predicted molar refractivity (Wildman–Crippen MR) is 75.9 cm³/mol. The first-order valence-electron chi connectivity index (χ1n) is 6.97. The molecule has 0 N–H and O–H groups in total. The minimum atomic E-state index is -1.42. The molecule has 1 aliphatic rings. The van der Waals surface area contributed by atoms with Crippen molar-refractivity contribution in [2.24, 2.45) is 0 Å². The van der Waals surface area contributed by atoms with Gasteiger partial charge in [-0.05, 0) is 42.1 Å². The van der Waals surface area contributed by atoms with Gasteiger partial charge in [0.1, 0.15) is 0 Å². The molecule has 0 aliphatic heterocycles. The molecular weight excluding hydrogens is 224 g/mol. The van der Waals surface area contributed by atoms with E-state index < -0.39 is 8.32 Å². The first kappa shape index (κ1) is 12.8. The van der Waals surface area contributed by atoms with Crippen molar-refractivity contribution in [1.82, 2.24) is 0 Å². The zero-order valence-corrected chi connectivity index (χ0v) is 12.3. The number of hydrogen-bond acceptors (Lipinski definition) is 1. The summed E-state index contributed by atoms with van der Waals surface area (Å²) in [6, 6.07) is 12.6. The molecule has 1 nitrogen and oxygen atoms in total. The predicted octanol–water partition coefficient (Wildman–Crippen LogP) is 4.18. The molecule has 0 saturated heterocycles. The van der Waals surface area contributed by atoms with E-state index in [1.165, 1.54) is 29.3 Å². The number of hydrogen-bond donors (Lipinski definition) is 0. The Hall–Kier alpha value is -0.603. The van der Waals surface area contributed by atoms with E-state index in [9.17, 15) is 0 Å². The third-order valence-corrected chi connectivity index (χ3v) is 9.06. The van der Waals surface area contributed by atoms with E-state index in [0.29, 0.717) is 6.10 Å². The molecule has 0 spiro atoms. The van der Waals surface area contributed by atoms with Gasteiger partial charge < -0.3 is 4.43 Å². The fourth-order valence-corrected chi connectivity index (χ4v) is 5.83. The molecule has 1 aliphatic carbocycles. The van der Waals surface area contributed by atoms with Gasteiger partial charge >= 0.3 is 0 Å². The van der Waals surface area contributed by atoms with Crippen molar-refractivity contribution < 1.29 is 4.43 Å². The van der Waals surface area contributed by atoms with Gasteiger partial charge in [0.15, 0.2) is 8.32 Å². The van der Waals surface area contributed by atoms with Crippen molar-refractivity contribution in [3.05, 3.63) is 35.4 Å². The van der Waals surface area contributed by atoms with Gasteiger partial charge in [-0.2, -0.15) is 0 Å². The van der Waals surface area contributed by atoms with Crippen molar-refractivity contribution in [3.8, 4) is 0 Å². The lowest BCUT2D eigenvalue weighted by molar-refractivity contribution is 0.198. The smallest absolute Gasteiger partial charge is 0.192 e. The molecular formula is C15H24OSi. The van der Waals surface area contributed by atoms with Crippen LogP contribution < -0.4 is 0 Å². The van der Waals surface area contributed by atoms with Gasteiger partial charge in [0.05, 0.1) is 6.10 Å². The number of fused-ring (bicyclic) bond motifs is 1. The van der Waals surface area contributed by atoms with E-state index in [-0.39, 0.29) is 0 Å². The quantitative estimate of drug-likeness (QED) is 0.710. The molecule has 0 saturated carbocycles. The second kappa shape index (κ2) is 5.36. The average Bonchev–Trinajstić information content (AvgIpc) is 2.78. The third-order valence-electron chi connectivity index (χ3n) is 4.36. The van der Waals surface area contributed by atoms with Gasteiger partial charge in [0, 0.05) is 0 Å². The van der Waals surface area contributed by atoms with Crippen LogP contribution in [0.2, 0.25) is 18.1 Å². The van der Waals surface area contributed by atoms with Crippen LogP contribution in [-0.2, 0) is 17.3 Å². The molecule has 0 atom stereocenters. The molecule has 0 amide bonds. The van der Waals surface area contributed by atoms with Crippen molar-refractivity contribution in [2.45, 2.75) is 57.8 Å². The molecule has 2 heteroatoms. The number of benzene rings is 1. The minimum Gasteiger partial charge on any atom is -0.413 e. The summed E-state index contributed by atoms with van der Waals surface area (Å²) in [5.41, 5.74) is 3.01. The molecule has 0 aromatic heterocycles. The van der Waals surface area contributed by atoms with Crippen LogP contribution in [0.3, 0.4) is 0 Å². The van der Waals surface area contributed by atoms with Crippen LogP contribution >= 0.6 is 0 Å². The monoisotopic (exact) mass is 248 g/mol. The molecule has 1 aromatic rings. The van der Waals surface area contributed by atoms with Crippen molar-refractivity contribution in [1.29, 1.82) is 0 Å². The molecule has 0 unspecified atom stereocenters. The van der Waals surface area contributed by atoms with E-state index in [0.717, 1.165) is 12.8 Å². The third kappa shape index (κ3) is 2.63. The van der Waals surface area contributed by atoms with Crippen molar-refractivity contribution in [3.63, 3.8) is 0 Å². The first-order valence-corrected chi connectivity index (χ1v) is 9.50. The lowest BCUT2D eigenvalue weighted by Crippen LogP contribution is -2.40. The zero-order valence-electron chi connectivity index (χ0n) is 11.3. The second-order valence-corrected chi connectivity index (χ2v) is 9.88. The Kier molecular flexibility index (Phi) is 4.05. The van der Waals surface area contributed by atoms with Gasteiger partial charge in [-0.25, -0.2) is 0 Å². The lowest BCUT2D eigenvalue weighted by atomic mass is 10.1. The zero-order chi connectivity index (χ0) is 12.3. The summed E-state index contributed by atoms with van der Waals surface area (Å²) in [4.78, 5) is 0. The highest BCUT2D eigenvalue weighted by atomic mass is 28.4. The summed E-state index contributed by atoms with van der Waals surface area (Å²) in [6.45, 7) is 6.92. The highest BCUT2D eigenvalue weighted by Gasteiger charge is 2.34. The standard InChI is InChI=1S/C15H24OSi/c1-4-17(5-2,6-3)16-15-11-13-9-7-8-10-14(13)12-15/h7-10,15H,4-6,11-12H2,1-3H3.